The molecule has 4 nitrogen and oxygen atoms in total. The maximum atomic E-state index is 10.9. The maximum Gasteiger partial charge on any atom is 0.217 e. The van der Waals surface area contributed by atoms with E-state index in [4.69, 9.17) is 4.42 Å². The van der Waals surface area contributed by atoms with Crippen LogP contribution in [0.15, 0.2) is 22.6 Å². The number of amides is 1. The van der Waals surface area contributed by atoms with Crippen molar-refractivity contribution in [2.45, 2.75) is 26.7 Å². The van der Waals surface area contributed by atoms with E-state index in [-0.39, 0.29) is 5.91 Å². The first-order valence-corrected chi connectivity index (χ1v) is 6.48. The lowest BCUT2D eigenvalue weighted by Gasteiger charge is -2.02. The third-order valence-electron chi connectivity index (χ3n) is 3.44. The standard InChI is InChI=1S/C15H16N2O2/c1-9(18)16-8-7-12-4-3-11-5-6-13-15(14(11)12)19-10(2)17-13/h5-7H,3-4,8H2,1-2H3,(H,16,18)/b12-7-. The van der Waals surface area contributed by atoms with Crippen LogP contribution in [-0.2, 0) is 11.2 Å². The first-order chi connectivity index (χ1) is 9.15. The fourth-order valence-corrected chi connectivity index (χ4v) is 2.62. The summed E-state index contributed by atoms with van der Waals surface area (Å²) >= 11 is 0. The van der Waals surface area contributed by atoms with Gasteiger partial charge >= 0.3 is 0 Å². The lowest BCUT2D eigenvalue weighted by Crippen LogP contribution is -2.19. The minimum atomic E-state index is -0.0104. The number of rotatable bonds is 2. The highest BCUT2D eigenvalue weighted by Crippen LogP contribution is 2.37. The highest BCUT2D eigenvalue weighted by molar-refractivity contribution is 5.91. The van der Waals surface area contributed by atoms with Crippen molar-refractivity contribution < 1.29 is 9.21 Å². The van der Waals surface area contributed by atoms with Crippen molar-refractivity contribution in [2.75, 3.05) is 6.54 Å². The summed E-state index contributed by atoms with van der Waals surface area (Å²) in [5.41, 5.74) is 5.50. The number of aryl methyl sites for hydroxylation is 2. The number of hydrogen-bond acceptors (Lipinski definition) is 3. The summed E-state index contributed by atoms with van der Waals surface area (Å²) in [6.07, 6.45) is 4.09. The van der Waals surface area contributed by atoms with Gasteiger partial charge in [0.15, 0.2) is 11.5 Å². The van der Waals surface area contributed by atoms with Gasteiger partial charge in [-0.15, -0.1) is 0 Å². The Labute approximate surface area is 111 Å². The number of allylic oxidation sites excluding steroid dienone is 1. The highest BCUT2D eigenvalue weighted by Gasteiger charge is 2.21. The Hall–Kier alpha value is -2.10. The van der Waals surface area contributed by atoms with Gasteiger partial charge in [-0.25, -0.2) is 4.98 Å². The van der Waals surface area contributed by atoms with E-state index in [2.05, 4.69) is 22.4 Å². The normalized spacial score (nSPS) is 16.0. The molecule has 1 N–H and O–H groups in total. The van der Waals surface area contributed by atoms with Gasteiger partial charge in [-0.05, 0) is 30.0 Å². The largest absolute Gasteiger partial charge is 0.440 e. The first-order valence-electron chi connectivity index (χ1n) is 6.48. The van der Waals surface area contributed by atoms with Gasteiger partial charge in [-0.3, -0.25) is 4.79 Å². The van der Waals surface area contributed by atoms with E-state index in [1.807, 2.05) is 13.0 Å². The van der Waals surface area contributed by atoms with Crippen LogP contribution in [-0.4, -0.2) is 17.4 Å². The molecule has 0 saturated carbocycles. The zero-order valence-electron chi connectivity index (χ0n) is 11.1. The molecule has 0 aliphatic heterocycles. The van der Waals surface area contributed by atoms with Crippen molar-refractivity contribution in [3.63, 3.8) is 0 Å². The Morgan fingerprint density at radius 1 is 1.47 bits per heavy atom. The van der Waals surface area contributed by atoms with Crippen molar-refractivity contribution in [1.82, 2.24) is 10.3 Å². The number of oxazole rings is 1. The number of fused-ring (bicyclic) bond motifs is 3. The SMILES string of the molecule is CC(=O)NC/C=C1/CCc2ccc3nc(C)oc3c21. The van der Waals surface area contributed by atoms with Crippen molar-refractivity contribution in [3.05, 3.63) is 35.2 Å². The summed E-state index contributed by atoms with van der Waals surface area (Å²) < 4.78 is 5.73. The number of carbonyl (C=O) groups excluding carboxylic acids is 1. The number of benzene rings is 1. The van der Waals surface area contributed by atoms with Crippen LogP contribution in [0.4, 0.5) is 0 Å². The quantitative estimate of drug-likeness (QED) is 0.898. The fourth-order valence-electron chi connectivity index (χ4n) is 2.62. The van der Waals surface area contributed by atoms with Crippen LogP contribution in [0.25, 0.3) is 16.7 Å². The smallest absolute Gasteiger partial charge is 0.217 e. The van der Waals surface area contributed by atoms with E-state index in [0.29, 0.717) is 12.4 Å². The van der Waals surface area contributed by atoms with E-state index in [9.17, 15) is 4.79 Å². The number of hydrogen-bond donors (Lipinski definition) is 1. The molecule has 19 heavy (non-hydrogen) atoms. The van der Waals surface area contributed by atoms with Gasteiger partial charge in [-0.2, -0.15) is 0 Å². The van der Waals surface area contributed by atoms with E-state index in [1.54, 1.807) is 0 Å². The molecule has 0 radical (unpaired) electrons. The van der Waals surface area contributed by atoms with Gasteiger partial charge < -0.3 is 9.73 Å². The van der Waals surface area contributed by atoms with Crippen molar-refractivity contribution in [2.24, 2.45) is 0 Å². The molecule has 0 saturated heterocycles. The molecule has 0 atom stereocenters. The molecule has 1 heterocycles. The summed E-state index contributed by atoms with van der Waals surface area (Å²) in [6.45, 7) is 3.95. The molecule has 4 heteroatoms. The summed E-state index contributed by atoms with van der Waals surface area (Å²) in [6, 6.07) is 4.14. The molecular weight excluding hydrogens is 240 g/mol. The summed E-state index contributed by atoms with van der Waals surface area (Å²) in [7, 11) is 0. The second-order valence-corrected chi connectivity index (χ2v) is 4.85. The van der Waals surface area contributed by atoms with Gasteiger partial charge in [0.25, 0.3) is 0 Å². The minimum absolute atomic E-state index is 0.0104. The highest BCUT2D eigenvalue weighted by atomic mass is 16.3. The fraction of sp³-hybridized carbons (Fsp3) is 0.333. The van der Waals surface area contributed by atoms with Crippen LogP contribution in [0, 0.1) is 6.92 Å². The molecule has 0 spiro atoms. The summed E-state index contributed by atoms with van der Waals surface area (Å²) in [5, 5.41) is 2.79. The van der Waals surface area contributed by atoms with E-state index in [1.165, 1.54) is 23.6 Å². The minimum Gasteiger partial charge on any atom is -0.440 e. The number of aromatic nitrogens is 1. The topological polar surface area (TPSA) is 55.1 Å². The molecule has 98 valence electrons. The zero-order chi connectivity index (χ0) is 13.4. The van der Waals surface area contributed by atoms with Gasteiger partial charge in [0.2, 0.25) is 5.91 Å². The number of nitrogens with one attached hydrogen (secondary N) is 1. The monoisotopic (exact) mass is 256 g/mol. The Bertz CT molecular complexity index is 683. The predicted molar refractivity (Wildman–Crippen MR) is 73.7 cm³/mol. The Balaban J connectivity index is 2.02. The van der Waals surface area contributed by atoms with E-state index < -0.39 is 0 Å². The van der Waals surface area contributed by atoms with E-state index >= 15 is 0 Å². The van der Waals surface area contributed by atoms with Gasteiger partial charge in [-0.1, -0.05) is 12.1 Å². The zero-order valence-corrected chi connectivity index (χ0v) is 11.1. The lowest BCUT2D eigenvalue weighted by molar-refractivity contribution is -0.118. The van der Waals surface area contributed by atoms with Crippen LogP contribution in [0.5, 0.6) is 0 Å². The molecule has 0 bridgehead atoms. The molecule has 1 aromatic heterocycles. The van der Waals surface area contributed by atoms with Crippen LogP contribution in [0.3, 0.4) is 0 Å². The molecule has 1 aliphatic carbocycles. The molecule has 2 aromatic rings. The maximum absolute atomic E-state index is 10.9. The van der Waals surface area contributed by atoms with E-state index in [0.717, 1.165) is 23.9 Å². The summed E-state index contributed by atoms with van der Waals surface area (Å²) in [5.74, 6) is 0.681. The van der Waals surface area contributed by atoms with Gasteiger partial charge in [0.05, 0.1) is 0 Å². The molecule has 1 aliphatic rings. The average molecular weight is 256 g/mol. The number of carbonyl (C=O) groups is 1. The van der Waals surface area contributed by atoms with Crippen molar-refractivity contribution in [1.29, 1.82) is 0 Å². The second-order valence-electron chi connectivity index (χ2n) is 4.85. The van der Waals surface area contributed by atoms with Crippen molar-refractivity contribution >= 4 is 22.6 Å². The third kappa shape index (κ3) is 2.14. The van der Waals surface area contributed by atoms with Gasteiger partial charge in [0.1, 0.15) is 5.52 Å². The van der Waals surface area contributed by atoms with Crippen LogP contribution >= 0.6 is 0 Å². The molecular formula is C15H16N2O2. The first kappa shape index (κ1) is 12.0. The van der Waals surface area contributed by atoms with Crippen molar-refractivity contribution in [3.8, 4) is 0 Å². The average Bonchev–Trinajstić information content (AvgIpc) is 2.90. The summed E-state index contributed by atoms with van der Waals surface area (Å²) in [4.78, 5) is 15.3. The van der Waals surface area contributed by atoms with Crippen LogP contribution in [0.1, 0.15) is 30.4 Å². The molecule has 3 rings (SSSR count). The number of nitrogens with zero attached hydrogens (tertiary/aromatic N) is 1. The molecule has 1 amide bonds. The van der Waals surface area contributed by atoms with Gasteiger partial charge in [0, 0.05) is 26.0 Å². The third-order valence-corrected chi connectivity index (χ3v) is 3.44. The predicted octanol–water partition coefficient (Wildman–Crippen LogP) is 2.60. The Morgan fingerprint density at radius 3 is 3.11 bits per heavy atom. The Kier molecular flexibility index (Phi) is 2.85. The Morgan fingerprint density at radius 2 is 2.32 bits per heavy atom. The molecule has 1 aromatic carbocycles. The molecule has 0 unspecified atom stereocenters. The molecule has 0 fully saturated rings. The second kappa shape index (κ2) is 4.53. The lowest BCUT2D eigenvalue weighted by atomic mass is 10.1. The van der Waals surface area contributed by atoms with Crippen LogP contribution < -0.4 is 5.32 Å². The van der Waals surface area contributed by atoms with Crippen LogP contribution in [0.2, 0.25) is 0 Å².